The molecule has 0 saturated heterocycles. The standard InChI is InChI=1S/C21H28N6/c1-14(2)11-27(12-15(3)4)21-18(22)20(24-13-25-21)26-17-9-5-7-16-8-6-10-23-19(16)17/h5-10,13-15H,11-12,22H2,1-4H3,(H,24,25,26). The Morgan fingerprint density at radius 1 is 0.963 bits per heavy atom. The van der Waals surface area contributed by atoms with Crippen molar-refractivity contribution in [3.8, 4) is 0 Å². The molecular formula is C21H28N6. The Labute approximate surface area is 160 Å². The third-order valence-corrected chi connectivity index (χ3v) is 4.22. The minimum Gasteiger partial charge on any atom is -0.393 e. The summed E-state index contributed by atoms with van der Waals surface area (Å²) in [7, 11) is 0. The van der Waals surface area contributed by atoms with E-state index in [9.17, 15) is 0 Å². The van der Waals surface area contributed by atoms with Gasteiger partial charge in [-0.2, -0.15) is 0 Å². The number of anilines is 4. The van der Waals surface area contributed by atoms with Gasteiger partial charge in [0.05, 0.1) is 11.2 Å². The van der Waals surface area contributed by atoms with Gasteiger partial charge in [-0.3, -0.25) is 4.98 Å². The van der Waals surface area contributed by atoms with Crippen LogP contribution in [0.4, 0.5) is 23.0 Å². The number of aromatic nitrogens is 3. The molecule has 142 valence electrons. The van der Waals surface area contributed by atoms with Crippen LogP contribution in [0.1, 0.15) is 27.7 Å². The van der Waals surface area contributed by atoms with E-state index in [1.165, 1.54) is 0 Å². The Kier molecular flexibility index (Phi) is 5.74. The van der Waals surface area contributed by atoms with Crippen LogP contribution in [-0.4, -0.2) is 28.0 Å². The molecule has 2 heterocycles. The van der Waals surface area contributed by atoms with Gasteiger partial charge < -0.3 is 16.0 Å². The highest BCUT2D eigenvalue weighted by Crippen LogP contribution is 2.31. The predicted molar refractivity (Wildman–Crippen MR) is 113 cm³/mol. The third-order valence-electron chi connectivity index (χ3n) is 4.22. The number of nitrogens with zero attached hydrogens (tertiary/aromatic N) is 4. The molecular weight excluding hydrogens is 336 g/mol. The molecule has 0 atom stereocenters. The Morgan fingerprint density at radius 2 is 1.67 bits per heavy atom. The lowest BCUT2D eigenvalue weighted by molar-refractivity contribution is 0.549. The van der Waals surface area contributed by atoms with E-state index in [1.807, 2.05) is 30.3 Å². The highest BCUT2D eigenvalue weighted by Gasteiger charge is 2.18. The van der Waals surface area contributed by atoms with E-state index < -0.39 is 0 Å². The number of nitrogens with one attached hydrogen (secondary N) is 1. The molecule has 3 aromatic rings. The number of fused-ring (bicyclic) bond motifs is 1. The lowest BCUT2D eigenvalue weighted by atomic mass is 10.1. The molecule has 0 fully saturated rings. The molecule has 0 unspecified atom stereocenters. The van der Waals surface area contributed by atoms with Crippen LogP contribution in [0.2, 0.25) is 0 Å². The smallest absolute Gasteiger partial charge is 0.159 e. The fraction of sp³-hybridized carbons (Fsp3) is 0.381. The second kappa shape index (κ2) is 8.20. The second-order valence-electron chi connectivity index (χ2n) is 7.66. The minimum absolute atomic E-state index is 0.511. The van der Waals surface area contributed by atoms with Crippen LogP contribution in [-0.2, 0) is 0 Å². The Hall–Kier alpha value is -2.89. The fourth-order valence-electron chi connectivity index (χ4n) is 3.20. The van der Waals surface area contributed by atoms with E-state index in [1.54, 1.807) is 12.5 Å². The van der Waals surface area contributed by atoms with Gasteiger partial charge in [0.1, 0.15) is 12.0 Å². The third kappa shape index (κ3) is 4.45. The number of pyridine rings is 1. The Balaban J connectivity index is 1.96. The minimum atomic E-state index is 0.511. The van der Waals surface area contributed by atoms with Gasteiger partial charge in [-0.1, -0.05) is 45.9 Å². The van der Waals surface area contributed by atoms with Crippen molar-refractivity contribution in [2.45, 2.75) is 27.7 Å². The summed E-state index contributed by atoms with van der Waals surface area (Å²) in [4.78, 5) is 15.6. The first-order valence-electron chi connectivity index (χ1n) is 9.42. The van der Waals surface area contributed by atoms with E-state index >= 15 is 0 Å². The normalized spacial score (nSPS) is 11.3. The number of benzene rings is 1. The fourth-order valence-corrected chi connectivity index (χ4v) is 3.20. The maximum Gasteiger partial charge on any atom is 0.159 e. The molecule has 0 spiro atoms. The molecule has 0 aliphatic carbocycles. The van der Waals surface area contributed by atoms with Gasteiger partial charge in [0, 0.05) is 24.7 Å². The molecule has 0 amide bonds. The summed E-state index contributed by atoms with van der Waals surface area (Å²) < 4.78 is 0. The van der Waals surface area contributed by atoms with Crippen molar-refractivity contribution in [1.82, 2.24) is 15.0 Å². The zero-order valence-electron chi connectivity index (χ0n) is 16.5. The van der Waals surface area contributed by atoms with Gasteiger partial charge in [0.25, 0.3) is 0 Å². The first-order valence-corrected chi connectivity index (χ1v) is 9.42. The Morgan fingerprint density at radius 3 is 2.37 bits per heavy atom. The first-order chi connectivity index (χ1) is 13.0. The lowest BCUT2D eigenvalue weighted by Crippen LogP contribution is -2.32. The van der Waals surface area contributed by atoms with Gasteiger partial charge in [-0.25, -0.2) is 9.97 Å². The van der Waals surface area contributed by atoms with Crippen molar-refractivity contribution in [3.63, 3.8) is 0 Å². The second-order valence-corrected chi connectivity index (χ2v) is 7.66. The molecule has 6 heteroatoms. The quantitative estimate of drug-likeness (QED) is 0.644. The zero-order valence-corrected chi connectivity index (χ0v) is 16.5. The van der Waals surface area contributed by atoms with Crippen molar-refractivity contribution in [3.05, 3.63) is 42.9 Å². The van der Waals surface area contributed by atoms with E-state index in [0.29, 0.717) is 23.3 Å². The topological polar surface area (TPSA) is 80.0 Å². The van der Waals surface area contributed by atoms with Crippen LogP contribution in [0.3, 0.4) is 0 Å². The number of hydrogen-bond donors (Lipinski definition) is 2. The van der Waals surface area contributed by atoms with Crippen LogP contribution >= 0.6 is 0 Å². The number of nitrogen functional groups attached to an aromatic ring is 1. The summed E-state index contributed by atoms with van der Waals surface area (Å²) in [6.07, 6.45) is 3.36. The molecule has 1 aromatic carbocycles. The van der Waals surface area contributed by atoms with Crippen molar-refractivity contribution in [1.29, 1.82) is 0 Å². The van der Waals surface area contributed by atoms with Gasteiger partial charge in [0.15, 0.2) is 11.6 Å². The molecule has 6 nitrogen and oxygen atoms in total. The summed E-state index contributed by atoms with van der Waals surface area (Å²) >= 11 is 0. The van der Waals surface area contributed by atoms with Crippen molar-refractivity contribution in [2.75, 3.05) is 29.0 Å². The molecule has 0 bridgehead atoms. The molecule has 0 aliphatic heterocycles. The summed E-state index contributed by atoms with van der Waals surface area (Å²) in [6, 6.07) is 9.98. The monoisotopic (exact) mass is 364 g/mol. The van der Waals surface area contributed by atoms with Crippen LogP contribution in [0.25, 0.3) is 10.9 Å². The number of hydrogen-bond acceptors (Lipinski definition) is 6. The van der Waals surface area contributed by atoms with E-state index in [0.717, 1.165) is 35.5 Å². The molecule has 27 heavy (non-hydrogen) atoms. The SMILES string of the molecule is CC(C)CN(CC(C)C)c1ncnc(Nc2cccc3cccnc23)c1N. The molecule has 0 aliphatic rings. The molecule has 0 saturated carbocycles. The molecule has 3 N–H and O–H groups in total. The molecule has 3 rings (SSSR count). The zero-order chi connectivity index (χ0) is 19.4. The lowest BCUT2D eigenvalue weighted by Gasteiger charge is -2.28. The van der Waals surface area contributed by atoms with E-state index in [4.69, 9.17) is 5.73 Å². The number of rotatable bonds is 7. The number of nitrogens with two attached hydrogens (primary N) is 1. The van der Waals surface area contributed by atoms with Gasteiger partial charge in [-0.05, 0) is 24.0 Å². The van der Waals surface area contributed by atoms with Gasteiger partial charge >= 0.3 is 0 Å². The highest BCUT2D eigenvalue weighted by atomic mass is 15.2. The maximum atomic E-state index is 6.48. The van der Waals surface area contributed by atoms with Crippen LogP contribution < -0.4 is 16.0 Å². The van der Waals surface area contributed by atoms with Crippen molar-refractivity contribution >= 4 is 33.9 Å². The van der Waals surface area contributed by atoms with Gasteiger partial charge in [0.2, 0.25) is 0 Å². The van der Waals surface area contributed by atoms with Crippen LogP contribution in [0.5, 0.6) is 0 Å². The van der Waals surface area contributed by atoms with E-state index in [2.05, 4.69) is 52.9 Å². The van der Waals surface area contributed by atoms with Gasteiger partial charge in [-0.15, -0.1) is 0 Å². The summed E-state index contributed by atoms with van der Waals surface area (Å²) in [5, 5.41) is 4.42. The Bertz CT molecular complexity index is 891. The van der Waals surface area contributed by atoms with E-state index in [-0.39, 0.29) is 0 Å². The maximum absolute atomic E-state index is 6.48. The summed E-state index contributed by atoms with van der Waals surface area (Å²) in [5.41, 5.74) is 8.81. The number of para-hydroxylation sites is 1. The largest absolute Gasteiger partial charge is 0.393 e. The highest BCUT2D eigenvalue weighted by molar-refractivity contribution is 5.93. The predicted octanol–water partition coefficient (Wildman–Crippen LogP) is 4.47. The van der Waals surface area contributed by atoms with Crippen LogP contribution in [0, 0.1) is 11.8 Å². The first kappa shape index (κ1) is 18.9. The van der Waals surface area contributed by atoms with Crippen LogP contribution in [0.15, 0.2) is 42.9 Å². The molecule has 2 aromatic heterocycles. The van der Waals surface area contributed by atoms with Crippen molar-refractivity contribution in [2.24, 2.45) is 11.8 Å². The summed E-state index contributed by atoms with van der Waals surface area (Å²) in [6.45, 7) is 10.6. The molecule has 0 radical (unpaired) electrons. The average Bonchev–Trinajstić information content (AvgIpc) is 2.62. The van der Waals surface area contributed by atoms with Crippen molar-refractivity contribution < 1.29 is 0 Å². The average molecular weight is 364 g/mol. The summed E-state index contributed by atoms with van der Waals surface area (Å²) in [5.74, 6) is 2.41.